The molecule has 1 aliphatic carbocycles. The van der Waals surface area contributed by atoms with E-state index in [0.717, 1.165) is 10.6 Å². The van der Waals surface area contributed by atoms with Gasteiger partial charge in [0.1, 0.15) is 0 Å². The van der Waals surface area contributed by atoms with Crippen molar-refractivity contribution in [2.75, 3.05) is 0 Å². The van der Waals surface area contributed by atoms with Crippen LogP contribution < -0.4 is 0 Å². The quantitative estimate of drug-likeness (QED) is 0.223. The summed E-state index contributed by atoms with van der Waals surface area (Å²) >= 11 is 6.41. The third kappa shape index (κ3) is 3.53. The Morgan fingerprint density at radius 1 is 0.368 bits per heavy atom. The Hall–Kier alpha value is -4.39. The molecule has 1 unspecified atom stereocenters. The van der Waals surface area contributed by atoms with E-state index in [2.05, 4.69) is 133 Å². The molecule has 0 N–H and O–H groups in total. The zero-order valence-electron chi connectivity index (χ0n) is 20.8. The van der Waals surface area contributed by atoms with Crippen LogP contribution in [0.5, 0.6) is 0 Å². The molecule has 1 aliphatic rings. The highest BCUT2D eigenvalue weighted by atomic mass is 35.5. The summed E-state index contributed by atoms with van der Waals surface area (Å²) in [6.45, 7) is 0. The van der Waals surface area contributed by atoms with Gasteiger partial charge >= 0.3 is 0 Å². The van der Waals surface area contributed by atoms with Crippen molar-refractivity contribution in [3.63, 3.8) is 0 Å². The lowest BCUT2D eigenvalue weighted by molar-refractivity contribution is 0.769. The zero-order valence-corrected chi connectivity index (χ0v) is 21.6. The number of hydrogen-bond donors (Lipinski definition) is 0. The molecular weight excluding hydrogens is 480 g/mol. The van der Waals surface area contributed by atoms with Gasteiger partial charge in [0.15, 0.2) is 0 Å². The van der Waals surface area contributed by atoms with Gasteiger partial charge in [-0.25, -0.2) is 0 Å². The Bertz CT molecular complexity index is 1770. The molecule has 0 aromatic heterocycles. The smallest absolute Gasteiger partial charge is 0.0713 e. The Kier molecular flexibility index (Phi) is 5.50. The lowest BCUT2D eigenvalue weighted by Crippen LogP contribution is -2.28. The van der Waals surface area contributed by atoms with E-state index in [0.29, 0.717) is 0 Å². The van der Waals surface area contributed by atoms with Gasteiger partial charge in [-0.1, -0.05) is 139 Å². The molecule has 0 spiro atoms. The van der Waals surface area contributed by atoms with Crippen LogP contribution in [0.25, 0.3) is 33.4 Å². The first-order chi connectivity index (χ1) is 18.7. The second-order valence-corrected chi connectivity index (χ2v) is 10.3. The molecule has 0 saturated heterocycles. The van der Waals surface area contributed by atoms with Gasteiger partial charge in [0, 0.05) is 5.02 Å². The summed E-state index contributed by atoms with van der Waals surface area (Å²) in [5.74, 6) is 0. The fourth-order valence-electron chi connectivity index (χ4n) is 6.17. The molecule has 0 bridgehead atoms. The van der Waals surface area contributed by atoms with Crippen LogP contribution in [0.2, 0.25) is 5.02 Å². The van der Waals surface area contributed by atoms with Crippen molar-refractivity contribution in [2.24, 2.45) is 0 Å². The van der Waals surface area contributed by atoms with E-state index in [1.54, 1.807) is 0 Å². The zero-order chi connectivity index (χ0) is 25.5. The number of halogens is 1. The first-order valence-electron chi connectivity index (χ1n) is 13.0. The van der Waals surface area contributed by atoms with Crippen molar-refractivity contribution in [3.8, 4) is 33.4 Å². The predicted octanol–water partition coefficient (Wildman–Crippen LogP) is 10.0. The standard InChI is InChI=1S/C37H25Cl/c38-32-18-10-14-28(24-32)29-21-22-34-33-19-7-8-20-35(33)37(36(34)25-29,30-15-5-2-6-16-30)31-17-9-13-27(23-31)26-11-3-1-4-12-26/h1-25H. The van der Waals surface area contributed by atoms with Gasteiger partial charge < -0.3 is 0 Å². The molecule has 7 rings (SSSR count). The van der Waals surface area contributed by atoms with Gasteiger partial charge in [0.2, 0.25) is 0 Å². The lowest BCUT2D eigenvalue weighted by Gasteiger charge is -2.34. The minimum atomic E-state index is -0.452. The van der Waals surface area contributed by atoms with Crippen molar-refractivity contribution in [2.45, 2.75) is 5.41 Å². The Morgan fingerprint density at radius 3 is 1.74 bits per heavy atom. The molecule has 6 aromatic carbocycles. The van der Waals surface area contributed by atoms with Crippen molar-refractivity contribution >= 4 is 11.6 Å². The fourth-order valence-corrected chi connectivity index (χ4v) is 6.36. The molecule has 1 heteroatoms. The summed E-state index contributed by atoms with van der Waals surface area (Å²) in [6, 6.07) is 54.6. The first kappa shape index (κ1) is 22.8. The third-order valence-corrected chi connectivity index (χ3v) is 8.05. The van der Waals surface area contributed by atoms with Crippen molar-refractivity contribution in [3.05, 3.63) is 179 Å². The minimum Gasteiger partial charge on any atom is -0.0843 e. The molecule has 0 fully saturated rings. The first-order valence-corrected chi connectivity index (χ1v) is 13.3. The molecule has 0 heterocycles. The summed E-state index contributed by atoms with van der Waals surface area (Å²) in [5, 5.41) is 0.746. The van der Waals surface area contributed by atoms with Crippen LogP contribution in [0, 0.1) is 0 Å². The highest BCUT2D eigenvalue weighted by Gasteiger charge is 2.46. The van der Waals surface area contributed by atoms with Crippen LogP contribution in [0.4, 0.5) is 0 Å². The van der Waals surface area contributed by atoms with Crippen LogP contribution in [0.3, 0.4) is 0 Å². The lowest BCUT2D eigenvalue weighted by atomic mass is 9.67. The molecule has 38 heavy (non-hydrogen) atoms. The van der Waals surface area contributed by atoms with E-state index in [-0.39, 0.29) is 0 Å². The van der Waals surface area contributed by atoms with Crippen molar-refractivity contribution in [1.29, 1.82) is 0 Å². The monoisotopic (exact) mass is 504 g/mol. The second kappa shape index (κ2) is 9.17. The van der Waals surface area contributed by atoms with Gasteiger partial charge in [-0.15, -0.1) is 0 Å². The SMILES string of the molecule is Clc1cccc(-c2ccc3c(c2)C(c2ccccc2)(c2cccc(-c4ccccc4)c2)c2ccccc2-3)c1. The van der Waals surface area contributed by atoms with E-state index in [1.807, 2.05) is 18.2 Å². The average molecular weight is 505 g/mol. The molecule has 0 saturated carbocycles. The topological polar surface area (TPSA) is 0 Å². The van der Waals surface area contributed by atoms with Gasteiger partial charge in [-0.3, -0.25) is 0 Å². The molecule has 180 valence electrons. The maximum atomic E-state index is 6.41. The molecule has 6 aromatic rings. The summed E-state index contributed by atoms with van der Waals surface area (Å²) in [5.41, 5.74) is 12.0. The largest absolute Gasteiger partial charge is 0.0843 e. The van der Waals surface area contributed by atoms with Crippen LogP contribution in [-0.4, -0.2) is 0 Å². The van der Waals surface area contributed by atoms with E-state index in [1.165, 1.54) is 50.1 Å². The third-order valence-electron chi connectivity index (χ3n) is 7.81. The summed E-state index contributed by atoms with van der Waals surface area (Å²) in [7, 11) is 0. The van der Waals surface area contributed by atoms with E-state index >= 15 is 0 Å². The predicted molar refractivity (Wildman–Crippen MR) is 160 cm³/mol. The van der Waals surface area contributed by atoms with Crippen molar-refractivity contribution in [1.82, 2.24) is 0 Å². The Labute approximate surface area is 228 Å². The van der Waals surface area contributed by atoms with Crippen LogP contribution in [0.15, 0.2) is 152 Å². The summed E-state index contributed by atoms with van der Waals surface area (Å²) in [4.78, 5) is 0. The Balaban J connectivity index is 1.57. The number of fused-ring (bicyclic) bond motifs is 3. The number of rotatable bonds is 4. The fraction of sp³-hybridized carbons (Fsp3) is 0.0270. The second-order valence-electron chi connectivity index (χ2n) is 9.88. The number of hydrogen-bond acceptors (Lipinski definition) is 0. The molecule has 1 atom stereocenters. The maximum absolute atomic E-state index is 6.41. The average Bonchev–Trinajstić information content (AvgIpc) is 3.29. The highest BCUT2D eigenvalue weighted by molar-refractivity contribution is 6.30. The highest BCUT2D eigenvalue weighted by Crippen LogP contribution is 2.57. The van der Waals surface area contributed by atoms with Crippen LogP contribution in [0.1, 0.15) is 22.3 Å². The van der Waals surface area contributed by atoms with Crippen LogP contribution >= 0.6 is 11.6 Å². The van der Waals surface area contributed by atoms with Gasteiger partial charge in [-0.05, 0) is 79.9 Å². The molecule has 0 amide bonds. The van der Waals surface area contributed by atoms with Gasteiger partial charge in [0.05, 0.1) is 5.41 Å². The molecule has 0 aliphatic heterocycles. The Morgan fingerprint density at radius 2 is 0.947 bits per heavy atom. The number of benzene rings is 6. The van der Waals surface area contributed by atoms with E-state index in [4.69, 9.17) is 11.6 Å². The minimum absolute atomic E-state index is 0.452. The maximum Gasteiger partial charge on any atom is 0.0713 e. The van der Waals surface area contributed by atoms with E-state index in [9.17, 15) is 0 Å². The normalized spacial score (nSPS) is 15.6. The molecular formula is C37H25Cl. The van der Waals surface area contributed by atoms with Crippen molar-refractivity contribution < 1.29 is 0 Å². The molecule has 0 radical (unpaired) electrons. The van der Waals surface area contributed by atoms with E-state index < -0.39 is 5.41 Å². The molecule has 0 nitrogen and oxygen atoms in total. The summed E-state index contributed by atoms with van der Waals surface area (Å²) in [6.07, 6.45) is 0. The summed E-state index contributed by atoms with van der Waals surface area (Å²) < 4.78 is 0. The van der Waals surface area contributed by atoms with Gasteiger partial charge in [0.25, 0.3) is 0 Å². The van der Waals surface area contributed by atoms with Gasteiger partial charge in [-0.2, -0.15) is 0 Å². The van der Waals surface area contributed by atoms with Crippen LogP contribution in [-0.2, 0) is 5.41 Å².